The van der Waals surface area contributed by atoms with Gasteiger partial charge in [-0.1, -0.05) is 24.3 Å². The second kappa shape index (κ2) is 6.94. The molecule has 7 heteroatoms. The maximum Gasteiger partial charge on any atom is 0.285 e. The molecule has 1 aliphatic rings. The topological polar surface area (TPSA) is 87.6 Å². The van der Waals surface area contributed by atoms with Gasteiger partial charge in [0.25, 0.3) is 15.9 Å². The van der Waals surface area contributed by atoms with Gasteiger partial charge >= 0.3 is 0 Å². The molecule has 0 spiro atoms. The molecule has 0 saturated heterocycles. The van der Waals surface area contributed by atoms with E-state index < -0.39 is 10.0 Å². The average molecular weight is 391 g/mol. The number of amides is 1. The van der Waals surface area contributed by atoms with E-state index in [0.717, 1.165) is 11.3 Å². The molecule has 0 unspecified atom stereocenters. The fourth-order valence-corrected chi connectivity index (χ4v) is 4.14. The van der Waals surface area contributed by atoms with Crippen molar-refractivity contribution in [2.45, 2.75) is 11.8 Å². The van der Waals surface area contributed by atoms with Gasteiger partial charge in [0.15, 0.2) is 5.84 Å². The van der Waals surface area contributed by atoms with Crippen LogP contribution in [0.5, 0.6) is 0 Å². The van der Waals surface area contributed by atoms with Crippen molar-refractivity contribution in [3.63, 3.8) is 0 Å². The van der Waals surface area contributed by atoms with Gasteiger partial charge < -0.3 is 10.6 Å². The number of amidine groups is 1. The predicted octanol–water partition coefficient (Wildman–Crippen LogP) is 3.81. The summed E-state index contributed by atoms with van der Waals surface area (Å²) in [5.74, 6) is 0.0517. The molecule has 1 aliphatic heterocycles. The highest BCUT2D eigenvalue weighted by atomic mass is 32.2. The van der Waals surface area contributed by atoms with Gasteiger partial charge in [-0.25, -0.2) is 0 Å². The number of nitrogens with zero attached hydrogens (tertiary/aromatic N) is 1. The van der Waals surface area contributed by atoms with Crippen LogP contribution in [0.3, 0.4) is 0 Å². The highest BCUT2D eigenvalue weighted by Crippen LogP contribution is 2.26. The predicted molar refractivity (Wildman–Crippen MR) is 109 cm³/mol. The number of aryl methyl sites for hydroxylation is 1. The SMILES string of the molecule is Cc1cccc(NC(=O)c2ccc(NC3=NS(=O)(=O)c4ccccc43)cc2)c1. The molecular formula is C21H17N3O3S. The second-order valence-electron chi connectivity index (χ2n) is 6.44. The summed E-state index contributed by atoms with van der Waals surface area (Å²) in [5.41, 5.74) is 3.45. The smallest absolute Gasteiger partial charge is 0.285 e. The minimum atomic E-state index is -3.67. The number of hydrogen-bond acceptors (Lipinski definition) is 4. The van der Waals surface area contributed by atoms with E-state index in [4.69, 9.17) is 0 Å². The van der Waals surface area contributed by atoms with E-state index in [1.54, 1.807) is 42.5 Å². The van der Waals surface area contributed by atoms with Crippen LogP contribution in [-0.2, 0) is 10.0 Å². The summed E-state index contributed by atoms with van der Waals surface area (Å²) in [6.07, 6.45) is 0. The summed E-state index contributed by atoms with van der Waals surface area (Å²) >= 11 is 0. The first-order valence-corrected chi connectivity index (χ1v) is 10.1. The summed E-state index contributed by atoms with van der Waals surface area (Å²) in [4.78, 5) is 12.6. The monoisotopic (exact) mass is 391 g/mol. The van der Waals surface area contributed by atoms with Gasteiger partial charge in [-0.15, -0.1) is 4.40 Å². The molecular weight excluding hydrogens is 374 g/mol. The first kappa shape index (κ1) is 17.9. The summed E-state index contributed by atoms with van der Waals surface area (Å²) in [7, 11) is -3.67. The molecule has 6 nitrogen and oxygen atoms in total. The summed E-state index contributed by atoms with van der Waals surface area (Å²) in [5, 5.41) is 5.87. The lowest BCUT2D eigenvalue weighted by Gasteiger charge is -2.09. The van der Waals surface area contributed by atoms with Crippen LogP contribution in [-0.4, -0.2) is 20.2 Å². The number of fused-ring (bicyclic) bond motifs is 1. The van der Waals surface area contributed by atoms with Crippen molar-refractivity contribution < 1.29 is 13.2 Å². The molecule has 0 atom stereocenters. The maximum absolute atomic E-state index is 12.4. The lowest BCUT2D eigenvalue weighted by Crippen LogP contribution is -2.13. The van der Waals surface area contributed by atoms with E-state index in [0.29, 0.717) is 16.8 Å². The Kier molecular flexibility index (Phi) is 4.44. The van der Waals surface area contributed by atoms with Crippen LogP contribution in [0.4, 0.5) is 11.4 Å². The molecule has 1 amide bonds. The van der Waals surface area contributed by atoms with Crippen molar-refractivity contribution in [2.24, 2.45) is 4.40 Å². The Morgan fingerprint density at radius 3 is 2.39 bits per heavy atom. The first-order valence-electron chi connectivity index (χ1n) is 8.62. The standard InChI is InChI=1S/C21H17N3O3S/c1-14-5-4-6-17(13-14)23-21(25)15-9-11-16(12-10-15)22-20-18-7-2-3-8-19(18)28(26,27)24-20/h2-13H,1H3,(H,22,24)(H,23,25). The normalized spacial score (nSPS) is 14.1. The molecule has 3 aromatic rings. The fraction of sp³-hybridized carbons (Fsp3) is 0.0476. The molecule has 0 fully saturated rings. The van der Waals surface area contributed by atoms with Crippen molar-refractivity contribution in [3.05, 3.63) is 89.5 Å². The third-order valence-corrected chi connectivity index (χ3v) is 5.65. The second-order valence-corrected chi connectivity index (χ2v) is 8.01. The zero-order chi connectivity index (χ0) is 19.7. The molecule has 140 valence electrons. The molecule has 4 rings (SSSR count). The van der Waals surface area contributed by atoms with E-state index >= 15 is 0 Å². The van der Waals surface area contributed by atoms with Crippen LogP contribution >= 0.6 is 0 Å². The van der Waals surface area contributed by atoms with Crippen molar-refractivity contribution in [3.8, 4) is 0 Å². The van der Waals surface area contributed by atoms with E-state index in [-0.39, 0.29) is 16.6 Å². The van der Waals surface area contributed by atoms with Crippen molar-refractivity contribution >= 4 is 33.1 Å². The molecule has 2 N–H and O–H groups in total. The van der Waals surface area contributed by atoms with Crippen LogP contribution in [0.2, 0.25) is 0 Å². The van der Waals surface area contributed by atoms with E-state index in [2.05, 4.69) is 15.0 Å². The van der Waals surface area contributed by atoms with Crippen LogP contribution in [0.15, 0.2) is 82.1 Å². The molecule has 3 aromatic carbocycles. The van der Waals surface area contributed by atoms with Gasteiger partial charge in [0.2, 0.25) is 0 Å². The van der Waals surface area contributed by atoms with Gasteiger partial charge in [-0.2, -0.15) is 8.42 Å². The number of carbonyl (C=O) groups excluding carboxylic acids is 1. The van der Waals surface area contributed by atoms with Crippen LogP contribution in [0.25, 0.3) is 0 Å². The van der Waals surface area contributed by atoms with E-state index in [1.165, 1.54) is 6.07 Å². The number of rotatable bonds is 3. The Bertz CT molecular complexity index is 1200. The highest BCUT2D eigenvalue weighted by molar-refractivity contribution is 7.90. The molecule has 1 heterocycles. The minimum Gasteiger partial charge on any atom is -0.339 e. The molecule has 0 bridgehead atoms. The molecule has 0 radical (unpaired) electrons. The van der Waals surface area contributed by atoms with E-state index in [1.807, 2.05) is 31.2 Å². The van der Waals surface area contributed by atoms with Gasteiger partial charge in [0, 0.05) is 22.5 Å². The Morgan fingerprint density at radius 2 is 1.64 bits per heavy atom. The lowest BCUT2D eigenvalue weighted by molar-refractivity contribution is 0.102. The summed E-state index contributed by atoms with van der Waals surface area (Å²) < 4.78 is 28.0. The Labute approximate surface area is 163 Å². The van der Waals surface area contributed by atoms with Gasteiger partial charge in [-0.05, 0) is 61.0 Å². The first-order chi connectivity index (χ1) is 13.4. The minimum absolute atomic E-state index is 0.187. The molecule has 28 heavy (non-hydrogen) atoms. The largest absolute Gasteiger partial charge is 0.339 e. The van der Waals surface area contributed by atoms with Gasteiger partial charge in [0.1, 0.15) is 4.90 Å². The number of nitrogens with one attached hydrogen (secondary N) is 2. The molecule has 0 aliphatic carbocycles. The summed E-state index contributed by atoms with van der Waals surface area (Å²) in [6, 6.07) is 21.0. The Hall–Kier alpha value is -3.45. The third-order valence-electron chi connectivity index (χ3n) is 4.32. The zero-order valence-electron chi connectivity index (χ0n) is 15.0. The quantitative estimate of drug-likeness (QED) is 0.711. The average Bonchev–Trinajstić information content (AvgIpc) is 2.93. The van der Waals surface area contributed by atoms with Crippen molar-refractivity contribution in [1.82, 2.24) is 0 Å². The zero-order valence-corrected chi connectivity index (χ0v) is 15.8. The lowest BCUT2D eigenvalue weighted by atomic mass is 10.1. The van der Waals surface area contributed by atoms with Crippen LogP contribution in [0, 0.1) is 6.92 Å². The molecule has 0 aromatic heterocycles. The third kappa shape index (κ3) is 3.52. The fourth-order valence-electron chi connectivity index (χ4n) is 2.96. The van der Waals surface area contributed by atoms with Gasteiger partial charge in [0.05, 0.1) is 0 Å². The van der Waals surface area contributed by atoms with E-state index in [9.17, 15) is 13.2 Å². The van der Waals surface area contributed by atoms with Crippen LogP contribution < -0.4 is 10.6 Å². The Morgan fingerprint density at radius 1 is 0.893 bits per heavy atom. The van der Waals surface area contributed by atoms with Gasteiger partial charge in [-0.3, -0.25) is 4.79 Å². The maximum atomic E-state index is 12.4. The number of benzene rings is 3. The number of sulfonamides is 1. The van der Waals surface area contributed by atoms with Crippen molar-refractivity contribution in [1.29, 1.82) is 0 Å². The van der Waals surface area contributed by atoms with Crippen LogP contribution in [0.1, 0.15) is 21.5 Å². The summed E-state index contributed by atoms with van der Waals surface area (Å²) in [6.45, 7) is 1.96. The highest BCUT2D eigenvalue weighted by Gasteiger charge is 2.28. The molecule has 0 saturated carbocycles. The number of carbonyl (C=O) groups is 1. The number of hydrogen-bond donors (Lipinski definition) is 2. The van der Waals surface area contributed by atoms with Crippen molar-refractivity contribution in [2.75, 3.05) is 10.6 Å². The number of anilines is 2. The Balaban J connectivity index is 1.51.